The van der Waals surface area contributed by atoms with Gasteiger partial charge in [0.2, 0.25) is 5.88 Å². The van der Waals surface area contributed by atoms with Crippen LogP contribution in [0.3, 0.4) is 0 Å². The minimum Gasteiger partial charge on any atom is -0.480 e. The van der Waals surface area contributed by atoms with Gasteiger partial charge >= 0.3 is 0 Å². The van der Waals surface area contributed by atoms with Gasteiger partial charge in [-0.05, 0) is 18.2 Å². The summed E-state index contributed by atoms with van der Waals surface area (Å²) in [4.78, 5) is 11.6. The summed E-state index contributed by atoms with van der Waals surface area (Å²) < 4.78 is 32.7. The number of hydrogen-bond donors (Lipinski definition) is 1. The van der Waals surface area contributed by atoms with Gasteiger partial charge in [0.15, 0.2) is 0 Å². The number of aromatic nitrogens is 2. The van der Waals surface area contributed by atoms with Crippen LogP contribution in [0.25, 0.3) is 0 Å². The topological polar surface area (TPSA) is 70.1 Å². The second-order valence-electron chi connectivity index (χ2n) is 4.17. The Labute approximate surface area is 113 Å². The van der Waals surface area contributed by atoms with Gasteiger partial charge in [0.1, 0.15) is 11.6 Å². The number of ether oxygens (including phenoxy) is 1. The molecule has 1 heterocycles. The zero-order chi connectivity index (χ0) is 14.7. The van der Waals surface area contributed by atoms with E-state index in [9.17, 15) is 13.6 Å². The van der Waals surface area contributed by atoms with Crippen LogP contribution >= 0.6 is 0 Å². The lowest BCUT2D eigenvalue weighted by atomic mass is 10.1. The van der Waals surface area contributed by atoms with Crippen LogP contribution in [0.2, 0.25) is 0 Å². The predicted octanol–water partition coefficient (Wildman–Crippen LogP) is 1.23. The van der Waals surface area contributed by atoms with Crippen LogP contribution in [0.15, 0.2) is 35.1 Å². The molecule has 7 heteroatoms. The fraction of sp³-hybridized carbons (Fsp3) is 0.231. The minimum atomic E-state index is -0.900. The molecule has 0 spiro atoms. The molecule has 20 heavy (non-hydrogen) atoms. The quantitative estimate of drug-likeness (QED) is 0.915. The standard InChI is InChI=1S/C13H13F2N3O2/c1-20-12-4-5-13(19)18(17-12)7-11(16)9-6-8(14)2-3-10(9)15/h2-6,11H,7,16H2,1H3. The van der Waals surface area contributed by atoms with Gasteiger partial charge in [0.25, 0.3) is 5.56 Å². The normalized spacial score (nSPS) is 12.2. The van der Waals surface area contributed by atoms with Crippen LogP contribution < -0.4 is 16.0 Å². The maximum atomic E-state index is 13.6. The first kappa shape index (κ1) is 14.1. The molecule has 0 aliphatic heterocycles. The monoisotopic (exact) mass is 281 g/mol. The highest BCUT2D eigenvalue weighted by molar-refractivity contribution is 5.22. The van der Waals surface area contributed by atoms with Crippen LogP contribution in [0.4, 0.5) is 8.78 Å². The number of halogens is 2. The van der Waals surface area contributed by atoms with Crippen molar-refractivity contribution in [2.45, 2.75) is 12.6 Å². The van der Waals surface area contributed by atoms with Gasteiger partial charge < -0.3 is 10.5 Å². The van der Waals surface area contributed by atoms with Crippen LogP contribution in [-0.2, 0) is 6.54 Å². The average Bonchev–Trinajstić information content (AvgIpc) is 2.43. The second kappa shape index (κ2) is 5.79. The van der Waals surface area contributed by atoms with E-state index in [4.69, 9.17) is 10.5 Å². The van der Waals surface area contributed by atoms with E-state index in [-0.39, 0.29) is 18.0 Å². The van der Waals surface area contributed by atoms with Gasteiger partial charge in [-0.15, -0.1) is 5.10 Å². The third-order valence-corrected chi connectivity index (χ3v) is 2.78. The first-order valence-electron chi connectivity index (χ1n) is 5.84. The summed E-state index contributed by atoms with van der Waals surface area (Å²) >= 11 is 0. The van der Waals surface area contributed by atoms with Crippen molar-refractivity contribution in [3.63, 3.8) is 0 Å². The van der Waals surface area contributed by atoms with Crippen molar-refractivity contribution < 1.29 is 13.5 Å². The van der Waals surface area contributed by atoms with Gasteiger partial charge in [-0.2, -0.15) is 0 Å². The summed E-state index contributed by atoms with van der Waals surface area (Å²) in [5.74, 6) is -0.992. The Balaban J connectivity index is 2.29. The number of benzene rings is 1. The molecule has 0 radical (unpaired) electrons. The van der Waals surface area contributed by atoms with Crippen LogP contribution in [0, 0.1) is 11.6 Å². The molecular formula is C13H13F2N3O2. The summed E-state index contributed by atoms with van der Waals surface area (Å²) in [6.45, 7) is -0.0869. The molecule has 0 amide bonds. The molecule has 2 N–H and O–H groups in total. The molecule has 0 aliphatic rings. The molecule has 106 valence electrons. The molecule has 1 unspecified atom stereocenters. The number of nitrogens with two attached hydrogens (primary N) is 1. The molecule has 0 bridgehead atoms. The van der Waals surface area contributed by atoms with Crippen molar-refractivity contribution in [2.24, 2.45) is 5.73 Å². The molecule has 5 nitrogen and oxygen atoms in total. The lowest BCUT2D eigenvalue weighted by Crippen LogP contribution is -2.29. The molecule has 0 aliphatic carbocycles. The van der Waals surface area contributed by atoms with E-state index < -0.39 is 23.2 Å². The van der Waals surface area contributed by atoms with Gasteiger partial charge in [-0.1, -0.05) is 0 Å². The van der Waals surface area contributed by atoms with Crippen molar-refractivity contribution >= 4 is 0 Å². The molecule has 0 saturated heterocycles. The molecule has 2 aromatic rings. The van der Waals surface area contributed by atoms with Crippen molar-refractivity contribution in [1.29, 1.82) is 0 Å². The number of nitrogens with zero attached hydrogens (tertiary/aromatic N) is 2. The zero-order valence-electron chi connectivity index (χ0n) is 10.7. The van der Waals surface area contributed by atoms with Crippen molar-refractivity contribution in [2.75, 3.05) is 7.11 Å². The predicted molar refractivity (Wildman–Crippen MR) is 68.3 cm³/mol. The van der Waals surface area contributed by atoms with Crippen LogP contribution in [0.1, 0.15) is 11.6 Å². The first-order chi connectivity index (χ1) is 9.51. The van der Waals surface area contributed by atoms with E-state index in [1.54, 1.807) is 0 Å². The largest absolute Gasteiger partial charge is 0.480 e. The summed E-state index contributed by atoms with van der Waals surface area (Å²) in [7, 11) is 1.41. The van der Waals surface area contributed by atoms with Gasteiger partial charge in [-0.3, -0.25) is 4.79 Å². The summed E-state index contributed by atoms with van der Waals surface area (Å²) in [5.41, 5.74) is 5.39. The molecule has 1 aromatic carbocycles. The highest BCUT2D eigenvalue weighted by Gasteiger charge is 2.14. The second-order valence-corrected chi connectivity index (χ2v) is 4.17. The van der Waals surface area contributed by atoms with Crippen LogP contribution in [-0.4, -0.2) is 16.9 Å². The Hall–Kier alpha value is -2.28. The highest BCUT2D eigenvalue weighted by Crippen LogP contribution is 2.17. The van der Waals surface area contributed by atoms with E-state index in [1.807, 2.05) is 0 Å². The molecule has 2 rings (SSSR count). The number of rotatable bonds is 4. The molecule has 1 aromatic heterocycles. The van der Waals surface area contributed by atoms with E-state index in [1.165, 1.54) is 19.2 Å². The lowest BCUT2D eigenvalue weighted by Gasteiger charge is -2.14. The SMILES string of the molecule is COc1ccc(=O)n(CC(N)c2cc(F)ccc2F)n1. The minimum absolute atomic E-state index is 0.0125. The Morgan fingerprint density at radius 1 is 1.35 bits per heavy atom. The fourth-order valence-corrected chi connectivity index (χ4v) is 1.75. The van der Waals surface area contributed by atoms with Crippen molar-refractivity contribution in [3.8, 4) is 5.88 Å². The Morgan fingerprint density at radius 2 is 2.10 bits per heavy atom. The average molecular weight is 281 g/mol. The molecular weight excluding hydrogens is 268 g/mol. The van der Waals surface area contributed by atoms with E-state index in [0.717, 1.165) is 22.9 Å². The van der Waals surface area contributed by atoms with E-state index in [2.05, 4.69) is 5.10 Å². The lowest BCUT2D eigenvalue weighted by molar-refractivity contribution is 0.369. The van der Waals surface area contributed by atoms with Crippen LogP contribution in [0.5, 0.6) is 5.88 Å². The Kier molecular flexibility index (Phi) is 4.09. The van der Waals surface area contributed by atoms with E-state index >= 15 is 0 Å². The van der Waals surface area contributed by atoms with Gasteiger partial charge in [-0.25, -0.2) is 13.5 Å². The third-order valence-electron chi connectivity index (χ3n) is 2.78. The number of hydrogen-bond acceptors (Lipinski definition) is 4. The number of methoxy groups -OCH3 is 1. The highest BCUT2D eigenvalue weighted by atomic mass is 19.1. The summed E-state index contributed by atoms with van der Waals surface area (Å²) in [6.07, 6.45) is 0. The van der Waals surface area contributed by atoms with E-state index in [0.29, 0.717) is 0 Å². The maximum absolute atomic E-state index is 13.6. The van der Waals surface area contributed by atoms with Gasteiger partial charge in [0.05, 0.1) is 19.7 Å². The summed E-state index contributed by atoms with van der Waals surface area (Å²) in [5, 5.41) is 3.89. The Bertz CT molecular complexity index is 673. The molecule has 1 atom stereocenters. The Morgan fingerprint density at radius 3 is 2.80 bits per heavy atom. The van der Waals surface area contributed by atoms with Crippen molar-refractivity contribution in [1.82, 2.24) is 9.78 Å². The molecule has 0 saturated carbocycles. The van der Waals surface area contributed by atoms with Gasteiger partial charge in [0, 0.05) is 17.7 Å². The fourth-order valence-electron chi connectivity index (χ4n) is 1.75. The van der Waals surface area contributed by atoms with Crippen molar-refractivity contribution in [3.05, 3.63) is 57.9 Å². The first-order valence-corrected chi connectivity index (χ1v) is 5.84. The maximum Gasteiger partial charge on any atom is 0.267 e. The smallest absolute Gasteiger partial charge is 0.267 e. The molecule has 0 fully saturated rings. The summed E-state index contributed by atoms with van der Waals surface area (Å²) in [6, 6.07) is 4.77. The zero-order valence-corrected chi connectivity index (χ0v) is 10.7. The third kappa shape index (κ3) is 3.00.